The zero-order chi connectivity index (χ0) is 10.4. The second-order valence-corrected chi connectivity index (χ2v) is 3.17. The summed E-state index contributed by atoms with van der Waals surface area (Å²) in [5.41, 5.74) is 1.86. The van der Waals surface area contributed by atoms with Gasteiger partial charge in [-0.3, -0.25) is 4.79 Å². The fourth-order valence-electron chi connectivity index (χ4n) is 1.41. The van der Waals surface area contributed by atoms with Gasteiger partial charge in [0.15, 0.2) is 0 Å². The SMILES string of the molecule is O=C(O)Cc1ccccc1CCCO. The van der Waals surface area contributed by atoms with E-state index in [9.17, 15) is 4.79 Å². The zero-order valence-corrected chi connectivity index (χ0v) is 7.94. The molecular weight excluding hydrogens is 180 g/mol. The first kappa shape index (κ1) is 10.7. The van der Waals surface area contributed by atoms with E-state index < -0.39 is 5.97 Å². The molecule has 3 heteroatoms. The summed E-state index contributed by atoms with van der Waals surface area (Å²) in [6.07, 6.45) is 1.47. The van der Waals surface area contributed by atoms with Crippen LogP contribution in [0.4, 0.5) is 0 Å². The Morgan fingerprint density at radius 1 is 1.21 bits per heavy atom. The Hall–Kier alpha value is -1.35. The molecule has 14 heavy (non-hydrogen) atoms. The molecule has 0 aliphatic carbocycles. The number of carbonyl (C=O) groups is 1. The van der Waals surface area contributed by atoms with Gasteiger partial charge in [-0.1, -0.05) is 24.3 Å². The van der Waals surface area contributed by atoms with Crippen molar-refractivity contribution >= 4 is 5.97 Å². The molecule has 0 saturated carbocycles. The third kappa shape index (κ3) is 3.18. The molecule has 76 valence electrons. The summed E-state index contributed by atoms with van der Waals surface area (Å²) in [5.74, 6) is -0.818. The summed E-state index contributed by atoms with van der Waals surface area (Å²) in [6, 6.07) is 7.45. The molecule has 1 rings (SSSR count). The van der Waals surface area contributed by atoms with Gasteiger partial charge in [-0.15, -0.1) is 0 Å². The molecule has 0 unspecified atom stereocenters. The van der Waals surface area contributed by atoms with E-state index in [1.54, 1.807) is 0 Å². The first-order valence-corrected chi connectivity index (χ1v) is 4.63. The van der Waals surface area contributed by atoms with Gasteiger partial charge >= 0.3 is 5.97 Å². The topological polar surface area (TPSA) is 57.5 Å². The Bertz CT molecular complexity index is 307. The van der Waals surface area contributed by atoms with Crippen molar-refractivity contribution in [3.8, 4) is 0 Å². The van der Waals surface area contributed by atoms with E-state index in [-0.39, 0.29) is 13.0 Å². The Morgan fingerprint density at radius 3 is 2.43 bits per heavy atom. The molecule has 3 nitrogen and oxygen atoms in total. The highest BCUT2D eigenvalue weighted by Gasteiger charge is 2.05. The second kappa shape index (κ2) is 5.40. The molecule has 0 spiro atoms. The first-order valence-electron chi connectivity index (χ1n) is 4.63. The molecule has 0 amide bonds. The normalized spacial score (nSPS) is 10.1. The second-order valence-electron chi connectivity index (χ2n) is 3.17. The molecule has 0 fully saturated rings. The standard InChI is InChI=1S/C11H14O3/c12-7-3-6-9-4-1-2-5-10(9)8-11(13)14/h1-2,4-5,12H,3,6-8H2,(H,13,14). The molecule has 0 radical (unpaired) electrons. The number of aliphatic carboxylic acids is 1. The van der Waals surface area contributed by atoms with Gasteiger partial charge in [0.2, 0.25) is 0 Å². The van der Waals surface area contributed by atoms with Crippen molar-refractivity contribution < 1.29 is 15.0 Å². The fourth-order valence-corrected chi connectivity index (χ4v) is 1.41. The summed E-state index contributed by atoms with van der Waals surface area (Å²) >= 11 is 0. The maximum Gasteiger partial charge on any atom is 0.307 e. The third-order valence-corrected chi connectivity index (χ3v) is 2.06. The Morgan fingerprint density at radius 2 is 1.86 bits per heavy atom. The van der Waals surface area contributed by atoms with Crippen LogP contribution < -0.4 is 0 Å². The molecule has 0 aromatic heterocycles. The monoisotopic (exact) mass is 194 g/mol. The van der Waals surface area contributed by atoms with Crippen molar-refractivity contribution in [1.82, 2.24) is 0 Å². The number of aryl methyl sites for hydroxylation is 1. The molecular formula is C11H14O3. The number of rotatable bonds is 5. The number of aliphatic hydroxyl groups is 1. The minimum atomic E-state index is -0.818. The van der Waals surface area contributed by atoms with Gasteiger partial charge < -0.3 is 10.2 Å². The van der Waals surface area contributed by atoms with Crippen molar-refractivity contribution in [1.29, 1.82) is 0 Å². The van der Waals surface area contributed by atoms with Gasteiger partial charge in [0, 0.05) is 6.61 Å². The van der Waals surface area contributed by atoms with Crippen LogP contribution in [0.3, 0.4) is 0 Å². The quantitative estimate of drug-likeness (QED) is 0.741. The number of carboxylic acids is 1. The van der Waals surface area contributed by atoms with Crippen LogP contribution in [0.2, 0.25) is 0 Å². The van der Waals surface area contributed by atoms with Gasteiger partial charge in [-0.2, -0.15) is 0 Å². The average Bonchev–Trinajstić information content (AvgIpc) is 2.16. The number of carboxylic acid groups (broad SMARTS) is 1. The van der Waals surface area contributed by atoms with Crippen LogP contribution >= 0.6 is 0 Å². The van der Waals surface area contributed by atoms with E-state index in [2.05, 4.69) is 0 Å². The molecule has 2 N–H and O–H groups in total. The molecule has 0 saturated heterocycles. The molecule has 0 heterocycles. The van der Waals surface area contributed by atoms with Gasteiger partial charge in [0.1, 0.15) is 0 Å². The summed E-state index contributed by atoms with van der Waals surface area (Å²) in [7, 11) is 0. The molecule has 1 aromatic rings. The van der Waals surface area contributed by atoms with E-state index in [0.29, 0.717) is 6.42 Å². The van der Waals surface area contributed by atoms with Crippen LogP contribution in [-0.4, -0.2) is 22.8 Å². The Balaban J connectivity index is 2.74. The molecule has 1 aromatic carbocycles. The zero-order valence-electron chi connectivity index (χ0n) is 7.94. The highest BCUT2D eigenvalue weighted by atomic mass is 16.4. The largest absolute Gasteiger partial charge is 0.481 e. The van der Waals surface area contributed by atoms with Crippen molar-refractivity contribution in [2.24, 2.45) is 0 Å². The number of aliphatic hydroxyl groups excluding tert-OH is 1. The van der Waals surface area contributed by atoms with Gasteiger partial charge in [-0.05, 0) is 24.0 Å². The Kier molecular flexibility index (Phi) is 4.13. The lowest BCUT2D eigenvalue weighted by Crippen LogP contribution is -2.04. The minimum absolute atomic E-state index is 0.0571. The van der Waals surface area contributed by atoms with Crippen LogP contribution in [-0.2, 0) is 17.6 Å². The summed E-state index contributed by atoms with van der Waals surface area (Å²) in [6.45, 7) is 0.140. The van der Waals surface area contributed by atoms with E-state index >= 15 is 0 Å². The predicted octanol–water partition coefficient (Wildman–Crippen LogP) is 1.24. The lowest BCUT2D eigenvalue weighted by Gasteiger charge is -2.05. The van der Waals surface area contributed by atoms with Crippen LogP contribution in [0, 0.1) is 0 Å². The lowest BCUT2D eigenvalue weighted by molar-refractivity contribution is -0.136. The van der Waals surface area contributed by atoms with Crippen LogP contribution in [0.25, 0.3) is 0 Å². The number of benzene rings is 1. The minimum Gasteiger partial charge on any atom is -0.481 e. The highest BCUT2D eigenvalue weighted by molar-refractivity contribution is 5.70. The maximum atomic E-state index is 10.5. The van der Waals surface area contributed by atoms with E-state index in [1.165, 1.54) is 0 Å². The fraction of sp³-hybridized carbons (Fsp3) is 0.364. The van der Waals surface area contributed by atoms with Crippen molar-refractivity contribution in [2.75, 3.05) is 6.61 Å². The van der Waals surface area contributed by atoms with E-state index in [4.69, 9.17) is 10.2 Å². The van der Waals surface area contributed by atoms with Crippen molar-refractivity contribution in [2.45, 2.75) is 19.3 Å². The van der Waals surface area contributed by atoms with Gasteiger partial charge in [0.25, 0.3) is 0 Å². The molecule has 0 aliphatic rings. The predicted molar refractivity (Wildman–Crippen MR) is 53.2 cm³/mol. The van der Waals surface area contributed by atoms with Crippen LogP contribution in [0.5, 0.6) is 0 Å². The molecule has 0 atom stereocenters. The van der Waals surface area contributed by atoms with E-state index in [0.717, 1.165) is 17.5 Å². The summed E-state index contributed by atoms with van der Waals surface area (Å²) in [4.78, 5) is 10.5. The molecule has 0 aliphatic heterocycles. The van der Waals surface area contributed by atoms with E-state index in [1.807, 2.05) is 24.3 Å². The first-order chi connectivity index (χ1) is 6.74. The summed E-state index contributed by atoms with van der Waals surface area (Å²) in [5, 5.41) is 17.4. The average molecular weight is 194 g/mol. The maximum absolute atomic E-state index is 10.5. The third-order valence-electron chi connectivity index (χ3n) is 2.06. The highest BCUT2D eigenvalue weighted by Crippen LogP contribution is 2.11. The van der Waals surface area contributed by atoms with Crippen molar-refractivity contribution in [3.63, 3.8) is 0 Å². The smallest absolute Gasteiger partial charge is 0.307 e. The number of hydrogen-bond donors (Lipinski definition) is 2. The van der Waals surface area contributed by atoms with Crippen LogP contribution in [0.1, 0.15) is 17.5 Å². The van der Waals surface area contributed by atoms with Gasteiger partial charge in [-0.25, -0.2) is 0 Å². The molecule has 0 bridgehead atoms. The lowest BCUT2D eigenvalue weighted by atomic mass is 10.0. The van der Waals surface area contributed by atoms with Gasteiger partial charge in [0.05, 0.1) is 6.42 Å². The van der Waals surface area contributed by atoms with Crippen molar-refractivity contribution in [3.05, 3.63) is 35.4 Å². The summed E-state index contributed by atoms with van der Waals surface area (Å²) < 4.78 is 0. The Labute approximate surface area is 83.0 Å². The van der Waals surface area contributed by atoms with Crippen LogP contribution in [0.15, 0.2) is 24.3 Å². The number of hydrogen-bond acceptors (Lipinski definition) is 2.